The highest BCUT2D eigenvalue weighted by atomic mass is 19.4. The molecule has 0 unspecified atom stereocenters. The molecule has 1 N–H and O–H groups in total. The average molecular weight is 443 g/mol. The van der Waals surface area contributed by atoms with E-state index < -0.39 is 34.9 Å². The molecule has 2 aromatic carbocycles. The van der Waals surface area contributed by atoms with Crippen molar-refractivity contribution in [2.45, 2.75) is 13.1 Å². The van der Waals surface area contributed by atoms with E-state index in [1.54, 1.807) is 19.1 Å². The van der Waals surface area contributed by atoms with Gasteiger partial charge in [-0.05, 0) is 25.1 Å². The number of benzene rings is 2. The molecule has 3 aromatic rings. The molecule has 9 heteroatoms. The average Bonchev–Trinajstić information content (AvgIpc) is 3.12. The summed E-state index contributed by atoms with van der Waals surface area (Å²) in [5.74, 6) is -2.09. The van der Waals surface area contributed by atoms with E-state index >= 15 is 0 Å². The van der Waals surface area contributed by atoms with Crippen LogP contribution in [0.4, 0.5) is 13.2 Å². The van der Waals surface area contributed by atoms with Crippen molar-refractivity contribution in [1.29, 1.82) is 0 Å². The lowest BCUT2D eigenvalue weighted by atomic mass is 10.0. The van der Waals surface area contributed by atoms with Gasteiger partial charge < -0.3 is 14.8 Å². The van der Waals surface area contributed by atoms with Crippen LogP contribution in [0.1, 0.15) is 32.0 Å². The Morgan fingerprint density at radius 3 is 2.16 bits per heavy atom. The fourth-order valence-electron chi connectivity index (χ4n) is 4.02. The van der Waals surface area contributed by atoms with E-state index in [0.717, 1.165) is 17.6 Å². The highest BCUT2D eigenvalue weighted by Gasteiger charge is 2.37. The van der Waals surface area contributed by atoms with Gasteiger partial charge in [0.1, 0.15) is 0 Å². The summed E-state index contributed by atoms with van der Waals surface area (Å²) in [5, 5.41) is 0.654. The van der Waals surface area contributed by atoms with Crippen LogP contribution in [0.3, 0.4) is 0 Å². The van der Waals surface area contributed by atoms with Gasteiger partial charge in [-0.25, -0.2) is 0 Å². The van der Waals surface area contributed by atoms with Crippen molar-refractivity contribution in [3.05, 3.63) is 70.9 Å². The Labute approximate surface area is 181 Å². The van der Waals surface area contributed by atoms with Crippen LogP contribution >= 0.6 is 0 Å². The van der Waals surface area contributed by atoms with Gasteiger partial charge in [0, 0.05) is 42.8 Å². The molecule has 1 saturated heterocycles. The summed E-state index contributed by atoms with van der Waals surface area (Å²) in [4.78, 5) is 44.2. The van der Waals surface area contributed by atoms with Crippen molar-refractivity contribution >= 4 is 28.5 Å². The number of para-hydroxylation sites is 1. The summed E-state index contributed by atoms with van der Waals surface area (Å²) in [5.41, 5.74) is 0.226. The van der Waals surface area contributed by atoms with Crippen LogP contribution in [-0.2, 0) is 11.0 Å². The number of aryl methyl sites for hydroxylation is 1. The number of Topliss-reactive ketones (excluding diaryl/α,β-unsaturated/α-hetero) is 1. The van der Waals surface area contributed by atoms with Gasteiger partial charge in [-0.2, -0.15) is 13.2 Å². The summed E-state index contributed by atoms with van der Waals surface area (Å²) in [6, 6.07) is 11.8. The fraction of sp³-hybridized carbons (Fsp3) is 0.261. The summed E-state index contributed by atoms with van der Waals surface area (Å²) >= 11 is 0. The Balaban J connectivity index is 1.47. The fourth-order valence-corrected chi connectivity index (χ4v) is 4.02. The van der Waals surface area contributed by atoms with Gasteiger partial charge in [-0.3, -0.25) is 14.4 Å². The lowest BCUT2D eigenvalue weighted by Crippen LogP contribution is -2.52. The van der Waals surface area contributed by atoms with Crippen molar-refractivity contribution in [3.63, 3.8) is 0 Å². The predicted molar refractivity (Wildman–Crippen MR) is 111 cm³/mol. The first-order chi connectivity index (χ1) is 15.2. The third-order valence-corrected chi connectivity index (χ3v) is 5.63. The Morgan fingerprint density at radius 1 is 0.875 bits per heavy atom. The van der Waals surface area contributed by atoms with Gasteiger partial charge in [-0.1, -0.05) is 30.3 Å². The summed E-state index contributed by atoms with van der Waals surface area (Å²) < 4.78 is 39.7. The second-order valence-electron chi connectivity index (χ2n) is 7.63. The van der Waals surface area contributed by atoms with E-state index in [-0.39, 0.29) is 26.2 Å². The van der Waals surface area contributed by atoms with Crippen molar-refractivity contribution in [2.24, 2.45) is 0 Å². The van der Waals surface area contributed by atoms with Crippen LogP contribution in [0.5, 0.6) is 0 Å². The highest BCUT2D eigenvalue weighted by molar-refractivity contribution is 6.45. The van der Waals surface area contributed by atoms with Crippen molar-refractivity contribution < 1.29 is 27.6 Å². The topological polar surface area (TPSA) is 73.5 Å². The van der Waals surface area contributed by atoms with Crippen molar-refractivity contribution in [2.75, 3.05) is 26.2 Å². The first kappa shape index (κ1) is 21.6. The number of halogens is 3. The van der Waals surface area contributed by atoms with E-state index in [9.17, 15) is 27.6 Å². The maximum absolute atomic E-state index is 13.2. The van der Waals surface area contributed by atoms with Gasteiger partial charge >= 0.3 is 6.18 Å². The molecule has 2 amide bonds. The molecule has 32 heavy (non-hydrogen) atoms. The number of hydrogen-bond donors (Lipinski definition) is 1. The second kappa shape index (κ2) is 8.14. The number of ketones is 1. The number of fused-ring (bicyclic) bond motifs is 1. The Hall–Kier alpha value is -3.62. The minimum Gasteiger partial charge on any atom is -0.358 e. The van der Waals surface area contributed by atoms with E-state index in [0.29, 0.717) is 16.6 Å². The zero-order chi connectivity index (χ0) is 23.0. The van der Waals surface area contributed by atoms with Gasteiger partial charge in [0.25, 0.3) is 17.6 Å². The minimum atomic E-state index is -4.65. The number of rotatable bonds is 3. The predicted octanol–water partition coefficient (Wildman–Crippen LogP) is 3.66. The zero-order valence-electron chi connectivity index (χ0n) is 17.2. The molecule has 1 fully saturated rings. The number of alkyl halides is 3. The number of carbonyl (C=O) groups excluding carboxylic acids is 3. The summed E-state index contributed by atoms with van der Waals surface area (Å²) in [7, 11) is 0. The molecule has 0 spiro atoms. The SMILES string of the molecule is Cc1[nH]c2ccccc2c1C(=O)C(=O)N1CCN(C(=O)c2ccccc2C(F)(F)F)CC1. The molecule has 1 aliphatic rings. The van der Waals surface area contributed by atoms with Gasteiger partial charge in [-0.15, -0.1) is 0 Å². The maximum atomic E-state index is 13.2. The molecule has 0 saturated carbocycles. The molecule has 4 rings (SSSR count). The standard InChI is InChI=1S/C23H20F3N3O3/c1-14-19(16-7-3-5-9-18(16)27-14)20(30)22(32)29-12-10-28(11-13-29)21(31)15-6-2-4-8-17(15)23(24,25)26/h2-9,27H,10-13H2,1H3. The number of hydrogen-bond acceptors (Lipinski definition) is 3. The molecule has 6 nitrogen and oxygen atoms in total. The first-order valence-corrected chi connectivity index (χ1v) is 10.0. The number of piperazine rings is 1. The molecule has 0 atom stereocenters. The molecule has 0 radical (unpaired) electrons. The Kier molecular flexibility index (Phi) is 5.50. The van der Waals surface area contributed by atoms with E-state index in [4.69, 9.17) is 0 Å². The smallest absolute Gasteiger partial charge is 0.358 e. The lowest BCUT2D eigenvalue weighted by molar-refractivity contribution is -0.138. The highest BCUT2D eigenvalue weighted by Crippen LogP contribution is 2.32. The molecule has 1 aliphatic heterocycles. The van der Waals surface area contributed by atoms with Crippen LogP contribution in [-0.4, -0.2) is 58.6 Å². The number of amides is 2. The number of nitrogens with one attached hydrogen (secondary N) is 1. The van der Waals surface area contributed by atoms with Gasteiger partial charge in [0.15, 0.2) is 0 Å². The van der Waals surface area contributed by atoms with E-state index in [2.05, 4.69) is 4.98 Å². The molecule has 2 heterocycles. The third kappa shape index (κ3) is 3.86. The largest absolute Gasteiger partial charge is 0.417 e. The Bertz CT molecular complexity index is 1210. The van der Waals surface area contributed by atoms with Crippen molar-refractivity contribution in [3.8, 4) is 0 Å². The number of aromatic amines is 1. The molecule has 0 bridgehead atoms. The monoisotopic (exact) mass is 443 g/mol. The molecular formula is C23H20F3N3O3. The quantitative estimate of drug-likeness (QED) is 0.496. The zero-order valence-corrected chi connectivity index (χ0v) is 17.2. The molecule has 166 valence electrons. The summed E-state index contributed by atoms with van der Waals surface area (Å²) in [6.45, 7) is 1.92. The second-order valence-corrected chi connectivity index (χ2v) is 7.63. The third-order valence-electron chi connectivity index (χ3n) is 5.63. The molecular weight excluding hydrogens is 423 g/mol. The van der Waals surface area contributed by atoms with Crippen LogP contribution < -0.4 is 0 Å². The number of nitrogens with zero attached hydrogens (tertiary/aromatic N) is 2. The summed E-state index contributed by atoms with van der Waals surface area (Å²) in [6.07, 6.45) is -4.65. The minimum absolute atomic E-state index is 0.0386. The van der Waals surface area contributed by atoms with Crippen LogP contribution in [0, 0.1) is 6.92 Å². The number of H-pyrrole nitrogens is 1. The molecule has 0 aliphatic carbocycles. The van der Waals surface area contributed by atoms with E-state index in [1.807, 2.05) is 12.1 Å². The van der Waals surface area contributed by atoms with Crippen LogP contribution in [0.2, 0.25) is 0 Å². The number of carbonyl (C=O) groups is 3. The lowest BCUT2D eigenvalue weighted by Gasteiger charge is -2.34. The molecule has 1 aromatic heterocycles. The van der Waals surface area contributed by atoms with E-state index in [1.165, 1.54) is 21.9 Å². The van der Waals surface area contributed by atoms with Crippen LogP contribution in [0.15, 0.2) is 48.5 Å². The Morgan fingerprint density at radius 2 is 1.47 bits per heavy atom. The first-order valence-electron chi connectivity index (χ1n) is 10.0. The van der Waals surface area contributed by atoms with Crippen LogP contribution in [0.25, 0.3) is 10.9 Å². The van der Waals surface area contributed by atoms with Crippen molar-refractivity contribution in [1.82, 2.24) is 14.8 Å². The van der Waals surface area contributed by atoms with Gasteiger partial charge in [0.05, 0.1) is 16.7 Å². The normalized spacial score (nSPS) is 14.6. The maximum Gasteiger partial charge on any atom is 0.417 e. The van der Waals surface area contributed by atoms with Gasteiger partial charge in [0.2, 0.25) is 0 Å². The number of aromatic nitrogens is 1.